The van der Waals surface area contributed by atoms with E-state index in [0.29, 0.717) is 25.3 Å². The molecule has 0 saturated carbocycles. The van der Waals surface area contributed by atoms with Gasteiger partial charge in [0.2, 0.25) is 5.91 Å². The number of aromatic amines is 1. The van der Waals surface area contributed by atoms with E-state index in [-0.39, 0.29) is 11.8 Å². The zero-order chi connectivity index (χ0) is 19.5. The van der Waals surface area contributed by atoms with Gasteiger partial charge in [-0.2, -0.15) is 5.10 Å². The molecule has 1 saturated heterocycles. The van der Waals surface area contributed by atoms with Gasteiger partial charge in [-0.05, 0) is 30.7 Å². The highest BCUT2D eigenvalue weighted by Gasteiger charge is 2.22. The van der Waals surface area contributed by atoms with Gasteiger partial charge in [-0.15, -0.1) is 0 Å². The highest BCUT2D eigenvalue weighted by atomic mass is 16.2. The fourth-order valence-corrected chi connectivity index (χ4v) is 3.69. The van der Waals surface area contributed by atoms with E-state index in [1.807, 2.05) is 17.0 Å². The maximum absolute atomic E-state index is 12.6. The molecule has 3 N–H and O–H groups in total. The number of fused-ring (bicyclic) bond motifs is 1. The van der Waals surface area contributed by atoms with Gasteiger partial charge in [0.05, 0.1) is 5.69 Å². The Kier molecular flexibility index (Phi) is 5.25. The normalized spacial score (nSPS) is 16.6. The van der Waals surface area contributed by atoms with Crippen LogP contribution < -0.4 is 15.5 Å². The Morgan fingerprint density at radius 3 is 2.86 bits per heavy atom. The minimum absolute atomic E-state index is 0.111. The molecule has 0 unspecified atom stereocenters. The molecule has 2 aromatic heterocycles. The van der Waals surface area contributed by atoms with Crippen molar-refractivity contribution in [2.75, 3.05) is 37.6 Å². The molecule has 2 amide bonds. The number of pyridine rings is 1. The molecule has 2 aromatic rings. The molecule has 1 fully saturated rings. The van der Waals surface area contributed by atoms with Crippen LogP contribution in [-0.4, -0.2) is 64.6 Å². The summed E-state index contributed by atoms with van der Waals surface area (Å²) in [5.41, 5.74) is 3.48. The number of hydrogen-bond acceptors (Lipinski definition) is 6. The van der Waals surface area contributed by atoms with Gasteiger partial charge in [0.1, 0.15) is 5.82 Å². The molecule has 148 valence electrons. The first kappa shape index (κ1) is 18.4. The van der Waals surface area contributed by atoms with Crippen LogP contribution in [0.15, 0.2) is 18.3 Å². The van der Waals surface area contributed by atoms with Crippen molar-refractivity contribution in [2.45, 2.75) is 26.4 Å². The van der Waals surface area contributed by atoms with Crippen LogP contribution in [0.25, 0.3) is 0 Å². The van der Waals surface area contributed by atoms with E-state index in [1.165, 1.54) is 0 Å². The van der Waals surface area contributed by atoms with Gasteiger partial charge >= 0.3 is 0 Å². The second-order valence-corrected chi connectivity index (χ2v) is 7.15. The molecule has 0 radical (unpaired) electrons. The average Bonchev–Trinajstić information content (AvgIpc) is 3.16. The van der Waals surface area contributed by atoms with Crippen LogP contribution in [0.1, 0.15) is 34.2 Å². The summed E-state index contributed by atoms with van der Waals surface area (Å²) in [7, 11) is 0. The predicted molar refractivity (Wildman–Crippen MR) is 104 cm³/mol. The molecule has 4 rings (SSSR count). The van der Waals surface area contributed by atoms with Crippen LogP contribution in [0.5, 0.6) is 0 Å². The van der Waals surface area contributed by atoms with E-state index < -0.39 is 0 Å². The molecule has 0 aliphatic carbocycles. The number of carbonyl (C=O) groups excluding carboxylic acids is 2. The first-order chi connectivity index (χ1) is 13.6. The summed E-state index contributed by atoms with van der Waals surface area (Å²) in [5, 5.41) is 13.4. The van der Waals surface area contributed by atoms with Crippen LogP contribution in [0.2, 0.25) is 0 Å². The smallest absolute Gasteiger partial charge is 0.272 e. The zero-order valence-corrected chi connectivity index (χ0v) is 16.0. The van der Waals surface area contributed by atoms with Gasteiger partial charge in [0.25, 0.3) is 5.91 Å². The van der Waals surface area contributed by atoms with E-state index >= 15 is 0 Å². The summed E-state index contributed by atoms with van der Waals surface area (Å²) in [5.74, 6) is 0.825. The molecule has 0 bridgehead atoms. The topological polar surface area (TPSA) is 106 Å². The van der Waals surface area contributed by atoms with Crippen molar-refractivity contribution in [3.63, 3.8) is 0 Å². The van der Waals surface area contributed by atoms with E-state index in [1.54, 1.807) is 13.1 Å². The van der Waals surface area contributed by atoms with Crippen molar-refractivity contribution in [1.82, 2.24) is 30.7 Å². The summed E-state index contributed by atoms with van der Waals surface area (Å²) >= 11 is 0. The third-order valence-electron chi connectivity index (χ3n) is 5.33. The number of amides is 2. The molecule has 0 aromatic carbocycles. The molecule has 9 nitrogen and oxygen atoms in total. The molecule has 4 heterocycles. The summed E-state index contributed by atoms with van der Waals surface area (Å²) in [4.78, 5) is 32.5. The Hall–Kier alpha value is -2.94. The van der Waals surface area contributed by atoms with Crippen LogP contribution in [0, 0.1) is 0 Å². The maximum Gasteiger partial charge on any atom is 0.272 e. The summed E-state index contributed by atoms with van der Waals surface area (Å²) in [6.07, 6.45) is 2.57. The van der Waals surface area contributed by atoms with Crippen molar-refractivity contribution in [3.05, 3.63) is 40.8 Å². The Morgan fingerprint density at radius 2 is 2.07 bits per heavy atom. The molecule has 28 heavy (non-hydrogen) atoms. The Bertz CT molecular complexity index is 871. The minimum atomic E-state index is -0.159. The molecular formula is C19H25N7O2. The van der Waals surface area contributed by atoms with Crippen molar-refractivity contribution in [1.29, 1.82) is 0 Å². The van der Waals surface area contributed by atoms with Gasteiger partial charge in [-0.25, -0.2) is 4.98 Å². The number of nitrogens with zero attached hydrogens (tertiary/aromatic N) is 4. The number of H-pyrrole nitrogens is 1. The number of anilines is 1. The van der Waals surface area contributed by atoms with E-state index in [2.05, 4.69) is 30.7 Å². The van der Waals surface area contributed by atoms with Gasteiger partial charge < -0.3 is 20.4 Å². The Balaban J connectivity index is 1.37. The van der Waals surface area contributed by atoms with E-state index in [9.17, 15) is 9.59 Å². The number of aromatic nitrogens is 3. The van der Waals surface area contributed by atoms with E-state index in [4.69, 9.17) is 0 Å². The molecule has 2 aliphatic rings. The largest absolute Gasteiger partial charge is 0.353 e. The van der Waals surface area contributed by atoms with Gasteiger partial charge in [0, 0.05) is 58.0 Å². The lowest BCUT2D eigenvalue weighted by molar-refractivity contribution is -0.129. The molecule has 9 heteroatoms. The number of hydrogen-bond donors (Lipinski definition) is 3. The standard InChI is InChI=1S/C19H25N7O2/c1-13(27)25-6-8-26(9-7-25)17-10-14(2-5-21-17)11-22-19(28)18-15-3-4-20-12-16(15)23-24-18/h2,5,10,20H,3-4,6-9,11-12H2,1H3,(H,22,28)(H,23,24). The highest BCUT2D eigenvalue weighted by Crippen LogP contribution is 2.17. The fourth-order valence-electron chi connectivity index (χ4n) is 3.69. The van der Waals surface area contributed by atoms with Crippen molar-refractivity contribution in [2.24, 2.45) is 0 Å². The maximum atomic E-state index is 12.6. The monoisotopic (exact) mass is 383 g/mol. The quantitative estimate of drug-likeness (QED) is 0.689. The first-order valence-corrected chi connectivity index (χ1v) is 9.62. The lowest BCUT2D eigenvalue weighted by Gasteiger charge is -2.35. The number of nitrogens with one attached hydrogen (secondary N) is 3. The molecule has 0 spiro atoms. The third kappa shape index (κ3) is 3.84. The Labute approximate surface area is 163 Å². The van der Waals surface area contributed by atoms with Gasteiger partial charge in [-0.3, -0.25) is 14.7 Å². The lowest BCUT2D eigenvalue weighted by Crippen LogP contribution is -2.48. The third-order valence-corrected chi connectivity index (χ3v) is 5.33. The second-order valence-electron chi connectivity index (χ2n) is 7.15. The Morgan fingerprint density at radius 1 is 1.25 bits per heavy atom. The lowest BCUT2D eigenvalue weighted by atomic mass is 10.1. The molecule has 2 aliphatic heterocycles. The summed E-state index contributed by atoms with van der Waals surface area (Å²) in [6.45, 7) is 6.53. The van der Waals surface area contributed by atoms with Crippen LogP contribution >= 0.6 is 0 Å². The van der Waals surface area contributed by atoms with E-state index in [0.717, 1.165) is 55.2 Å². The average molecular weight is 383 g/mol. The SMILES string of the molecule is CC(=O)N1CCN(c2cc(CNC(=O)c3n[nH]c4c3CCNC4)ccn2)CC1. The predicted octanol–water partition coefficient (Wildman–Crippen LogP) is 0.0489. The van der Waals surface area contributed by atoms with Crippen LogP contribution in [0.4, 0.5) is 5.82 Å². The van der Waals surface area contributed by atoms with Crippen LogP contribution in [0.3, 0.4) is 0 Å². The summed E-state index contributed by atoms with van der Waals surface area (Å²) in [6, 6.07) is 3.90. The molecule has 0 atom stereocenters. The molecular weight excluding hydrogens is 358 g/mol. The van der Waals surface area contributed by atoms with Crippen molar-refractivity contribution < 1.29 is 9.59 Å². The highest BCUT2D eigenvalue weighted by molar-refractivity contribution is 5.94. The van der Waals surface area contributed by atoms with Gasteiger partial charge in [0.15, 0.2) is 5.69 Å². The number of rotatable bonds is 4. The van der Waals surface area contributed by atoms with Crippen molar-refractivity contribution >= 4 is 17.6 Å². The fraction of sp³-hybridized carbons (Fsp3) is 0.474. The first-order valence-electron chi connectivity index (χ1n) is 9.62. The number of carbonyl (C=O) groups is 2. The van der Waals surface area contributed by atoms with Crippen LogP contribution in [-0.2, 0) is 24.3 Å². The zero-order valence-electron chi connectivity index (χ0n) is 16.0. The second kappa shape index (κ2) is 7.97. The van der Waals surface area contributed by atoms with Gasteiger partial charge in [-0.1, -0.05) is 0 Å². The van der Waals surface area contributed by atoms with Crippen molar-refractivity contribution in [3.8, 4) is 0 Å². The summed E-state index contributed by atoms with van der Waals surface area (Å²) < 4.78 is 0. The number of piperazine rings is 1. The minimum Gasteiger partial charge on any atom is -0.353 e.